The van der Waals surface area contributed by atoms with Gasteiger partial charge in [0.1, 0.15) is 6.54 Å². The third-order valence-electron chi connectivity index (χ3n) is 3.19. The summed E-state index contributed by atoms with van der Waals surface area (Å²) >= 11 is 0. The average Bonchev–Trinajstić information content (AvgIpc) is 2.76. The zero-order chi connectivity index (χ0) is 12.8. The fourth-order valence-electron chi connectivity index (χ4n) is 2.26. The molecule has 0 saturated carbocycles. The minimum atomic E-state index is 0.0194. The molecule has 1 aliphatic carbocycles. The Kier molecular flexibility index (Phi) is 4.75. The molecule has 0 fully saturated rings. The molecule has 100 valence electrons. The molecule has 1 heterocycles. The topological polar surface area (TPSA) is 56.1 Å². The average molecular weight is 251 g/mol. The van der Waals surface area contributed by atoms with E-state index in [0.29, 0.717) is 19.7 Å². The number of nitrogens with zero attached hydrogens (tertiary/aromatic N) is 2. The molecule has 0 saturated heterocycles. The number of methoxy groups -OCH3 is 1. The molecular weight excluding hydrogens is 230 g/mol. The van der Waals surface area contributed by atoms with Gasteiger partial charge >= 0.3 is 0 Å². The summed E-state index contributed by atoms with van der Waals surface area (Å²) in [6.45, 7) is 1.66. The Morgan fingerprint density at radius 1 is 1.50 bits per heavy atom. The van der Waals surface area contributed by atoms with Gasteiger partial charge in [0.25, 0.3) is 0 Å². The first-order chi connectivity index (χ1) is 8.79. The van der Waals surface area contributed by atoms with Crippen LogP contribution in [0.2, 0.25) is 0 Å². The van der Waals surface area contributed by atoms with Gasteiger partial charge in [-0.3, -0.25) is 9.48 Å². The van der Waals surface area contributed by atoms with E-state index in [1.54, 1.807) is 11.8 Å². The number of hydrogen-bond donors (Lipinski definition) is 1. The van der Waals surface area contributed by atoms with Crippen molar-refractivity contribution in [2.75, 3.05) is 20.3 Å². The number of ether oxygens (including phenoxy) is 1. The zero-order valence-electron chi connectivity index (χ0n) is 10.9. The molecular formula is C13H21N3O2. The smallest absolute Gasteiger partial charge is 0.241 e. The number of carbonyl (C=O) groups is 1. The van der Waals surface area contributed by atoms with Crippen LogP contribution >= 0.6 is 0 Å². The highest BCUT2D eigenvalue weighted by Crippen LogP contribution is 2.19. The van der Waals surface area contributed by atoms with Crippen molar-refractivity contribution in [3.05, 3.63) is 17.5 Å². The van der Waals surface area contributed by atoms with Crippen molar-refractivity contribution in [3.8, 4) is 0 Å². The molecule has 0 unspecified atom stereocenters. The molecule has 0 aromatic carbocycles. The molecule has 1 aromatic heterocycles. The largest absolute Gasteiger partial charge is 0.385 e. The Morgan fingerprint density at radius 3 is 3.11 bits per heavy atom. The minimum absolute atomic E-state index is 0.0194. The number of carbonyl (C=O) groups excluding carboxylic acids is 1. The van der Waals surface area contributed by atoms with Gasteiger partial charge < -0.3 is 10.1 Å². The van der Waals surface area contributed by atoms with E-state index in [1.807, 2.05) is 6.20 Å². The first-order valence-electron chi connectivity index (χ1n) is 6.60. The Bertz CT molecular complexity index is 377. The molecule has 1 aromatic rings. The maximum Gasteiger partial charge on any atom is 0.241 e. The van der Waals surface area contributed by atoms with Crippen molar-refractivity contribution in [2.45, 2.75) is 38.6 Å². The van der Waals surface area contributed by atoms with Gasteiger partial charge in [0.05, 0.1) is 5.69 Å². The second-order valence-electron chi connectivity index (χ2n) is 4.70. The third kappa shape index (κ3) is 3.57. The number of rotatable bonds is 6. The Morgan fingerprint density at radius 2 is 2.33 bits per heavy atom. The van der Waals surface area contributed by atoms with Crippen LogP contribution < -0.4 is 5.32 Å². The fourth-order valence-corrected chi connectivity index (χ4v) is 2.26. The van der Waals surface area contributed by atoms with Crippen LogP contribution in [0.5, 0.6) is 0 Å². The highest BCUT2D eigenvalue weighted by Gasteiger charge is 2.14. The van der Waals surface area contributed by atoms with Gasteiger partial charge in [0.15, 0.2) is 0 Å². The minimum Gasteiger partial charge on any atom is -0.385 e. The van der Waals surface area contributed by atoms with Gasteiger partial charge in [-0.25, -0.2) is 0 Å². The van der Waals surface area contributed by atoms with Crippen LogP contribution in [-0.2, 0) is 28.9 Å². The number of amides is 1. The SMILES string of the molecule is COCCCNC(=O)Cn1cc2c(n1)CCCC2. The summed E-state index contributed by atoms with van der Waals surface area (Å²) in [5.41, 5.74) is 2.49. The maximum atomic E-state index is 11.7. The first-order valence-corrected chi connectivity index (χ1v) is 6.60. The van der Waals surface area contributed by atoms with Crippen LogP contribution in [-0.4, -0.2) is 35.9 Å². The first kappa shape index (κ1) is 13.1. The van der Waals surface area contributed by atoms with Gasteiger partial charge in [0, 0.05) is 26.5 Å². The lowest BCUT2D eigenvalue weighted by Crippen LogP contribution is -2.29. The molecule has 5 heteroatoms. The van der Waals surface area contributed by atoms with Gasteiger partial charge in [0.2, 0.25) is 5.91 Å². The molecule has 1 amide bonds. The summed E-state index contributed by atoms with van der Waals surface area (Å²) in [6, 6.07) is 0. The zero-order valence-corrected chi connectivity index (χ0v) is 10.9. The number of aryl methyl sites for hydroxylation is 2. The standard InChI is InChI=1S/C13H21N3O2/c1-18-8-4-7-14-13(17)10-16-9-11-5-2-3-6-12(11)15-16/h9H,2-8,10H2,1H3,(H,14,17). The predicted octanol–water partition coefficient (Wildman–Crippen LogP) is 0.915. The van der Waals surface area contributed by atoms with Crippen LogP contribution in [0.25, 0.3) is 0 Å². The van der Waals surface area contributed by atoms with Crippen molar-refractivity contribution in [3.63, 3.8) is 0 Å². The molecule has 0 atom stereocenters. The summed E-state index contributed by atoms with van der Waals surface area (Å²) in [4.78, 5) is 11.7. The summed E-state index contributed by atoms with van der Waals surface area (Å²) in [5, 5.41) is 7.33. The Labute approximate surface area is 108 Å². The van der Waals surface area contributed by atoms with Gasteiger partial charge in [-0.05, 0) is 37.7 Å². The molecule has 2 rings (SSSR count). The van der Waals surface area contributed by atoms with E-state index < -0.39 is 0 Å². The normalized spacial score (nSPS) is 14.3. The quantitative estimate of drug-likeness (QED) is 0.765. The van der Waals surface area contributed by atoms with Gasteiger partial charge in [-0.15, -0.1) is 0 Å². The molecule has 5 nitrogen and oxygen atoms in total. The summed E-state index contributed by atoms with van der Waals surface area (Å²) < 4.78 is 6.69. The lowest BCUT2D eigenvalue weighted by atomic mass is 9.99. The molecule has 18 heavy (non-hydrogen) atoms. The molecule has 0 spiro atoms. The predicted molar refractivity (Wildman–Crippen MR) is 68.4 cm³/mol. The van der Waals surface area contributed by atoms with Crippen molar-refractivity contribution >= 4 is 5.91 Å². The van der Waals surface area contributed by atoms with Crippen LogP contribution in [0.1, 0.15) is 30.5 Å². The van der Waals surface area contributed by atoms with Crippen LogP contribution in [0, 0.1) is 0 Å². The second kappa shape index (κ2) is 6.54. The van der Waals surface area contributed by atoms with E-state index >= 15 is 0 Å². The van der Waals surface area contributed by atoms with E-state index in [9.17, 15) is 4.79 Å². The molecule has 0 radical (unpaired) electrons. The summed E-state index contributed by atoms with van der Waals surface area (Å²) in [5.74, 6) is 0.0194. The van der Waals surface area contributed by atoms with E-state index in [2.05, 4.69) is 10.4 Å². The Balaban J connectivity index is 1.78. The molecule has 1 aliphatic rings. The molecule has 0 bridgehead atoms. The number of aromatic nitrogens is 2. The number of fused-ring (bicyclic) bond motifs is 1. The third-order valence-corrected chi connectivity index (χ3v) is 3.19. The molecule has 0 aliphatic heterocycles. The van der Waals surface area contributed by atoms with E-state index in [0.717, 1.165) is 19.3 Å². The van der Waals surface area contributed by atoms with Crippen LogP contribution in [0.3, 0.4) is 0 Å². The van der Waals surface area contributed by atoms with E-state index in [1.165, 1.54) is 24.1 Å². The maximum absolute atomic E-state index is 11.7. The van der Waals surface area contributed by atoms with E-state index in [-0.39, 0.29) is 5.91 Å². The summed E-state index contributed by atoms with van der Waals surface area (Å²) in [6.07, 6.45) is 7.47. The fraction of sp³-hybridized carbons (Fsp3) is 0.692. The lowest BCUT2D eigenvalue weighted by Gasteiger charge is -2.06. The van der Waals surface area contributed by atoms with E-state index in [4.69, 9.17) is 4.74 Å². The van der Waals surface area contributed by atoms with Crippen molar-refractivity contribution < 1.29 is 9.53 Å². The van der Waals surface area contributed by atoms with Crippen molar-refractivity contribution in [2.24, 2.45) is 0 Å². The van der Waals surface area contributed by atoms with Gasteiger partial charge in [-0.2, -0.15) is 5.10 Å². The highest BCUT2D eigenvalue weighted by atomic mass is 16.5. The number of hydrogen-bond acceptors (Lipinski definition) is 3. The lowest BCUT2D eigenvalue weighted by molar-refractivity contribution is -0.121. The van der Waals surface area contributed by atoms with Crippen LogP contribution in [0.4, 0.5) is 0 Å². The van der Waals surface area contributed by atoms with Crippen LogP contribution in [0.15, 0.2) is 6.20 Å². The molecule has 1 N–H and O–H groups in total. The Hall–Kier alpha value is -1.36. The monoisotopic (exact) mass is 251 g/mol. The van der Waals surface area contributed by atoms with Crippen molar-refractivity contribution in [1.29, 1.82) is 0 Å². The second-order valence-corrected chi connectivity index (χ2v) is 4.70. The number of nitrogens with one attached hydrogen (secondary N) is 1. The summed E-state index contributed by atoms with van der Waals surface area (Å²) in [7, 11) is 1.66. The van der Waals surface area contributed by atoms with Crippen molar-refractivity contribution in [1.82, 2.24) is 15.1 Å². The van der Waals surface area contributed by atoms with Gasteiger partial charge in [-0.1, -0.05) is 0 Å². The highest BCUT2D eigenvalue weighted by molar-refractivity contribution is 5.75.